The Kier molecular flexibility index (Phi) is 5.70. The number of hydrogen-bond acceptors (Lipinski definition) is 6. The molecule has 2 rings (SSSR count). The molecule has 0 unspecified atom stereocenters. The third kappa shape index (κ3) is 4.79. The minimum absolute atomic E-state index is 0.118. The van der Waals surface area contributed by atoms with Crippen LogP contribution in [0.25, 0.3) is 0 Å². The van der Waals surface area contributed by atoms with Gasteiger partial charge in [-0.15, -0.1) is 0 Å². The number of aryl methyl sites for hydroxylation is 1. The maximum Gasteiger partial charge on any atom is 0.273 e. The van der Waals surface area contributed by atoms with E-state index in [9.17, 15) is 9.90 Å². The Bertz CT molecular complexity index is 637. The average Bonchev–Trinajstić information content (AvgIpc) is 3.00. The number of aromatic nitrogens is 2. The minimum atomic E-state index is -0.384. The fourth-order valence-corrected chi connectivity index (χ4v) is 1.85. The summed E-state index contributed by atoms with van der Waals surface area (Å²) in [6, 6.07) is 4.85. The molecule has 0 bridgehead atoms. The molecule has 1 atom stereocenters. The fraction of sp³-hybridized carbons (Fsp3) is 0.438. The first kappa shape index (κ1) is 17.0. The molecule has 0 radical (unpaired) electrons. The van der Waals surface area contributed by atoms with Gasteiger partial charge in [0.2, 0.25) is 0 Å². The predicted octanol–water partition coefficient (Wildman–Crippen LogP) is 1.70. The number of ether oxygens (including phenoxy) is 1. The zero-order valence-corrected chi connectivity index (χ0v) is 13.4. The highest BCUT2D eigenvalue weighted by Crippen LogP contribution is 2.12. The molecule has 2 aromatic heterocycles. The number of hydrogen-bond donors (Lipinski definition) is 2. The standard InChI is InChI=1S/C16H21N3O4/c1-10(2)15(8-20)18-16(21)14-6-13(23-19-14)9-22-12-5-4-11(3)17-7-12/h4-7,10,15,20H,8-9H2,1-3H3,(H,18,21)/t15-/m1/s1. The summed E-state index contributed by atoms with van der Waals surface area (Å²) >= 11 is 0. The van der Waals surface area contributed by atoms with Gasteiger partial charge >= 0.3 is 0 Å². The van der Waals surface area contributed by atoms with Gasteiger partial charge in [0.15, 0.2) is 11.5 Å². The number of rotatable bonds is 7. The van der Waals surface area contributed by atoms with Crippen molar-refractivity contribution in [3.8, 4) is 5.75 Å². The topological polar surface area (TPSA) is 97.5 Å². The molecule has 0 aliphatic rings. The number of nitrogens with zero attached hydrogens (tertiary/aromatic N) is 2. The van der Waals surface area contributed by atoms with Gasteiger partial charge in [0.25, 0.3) is 5.91 Å². The molecule has 0 saturated carbocycles. The molecule has 0 aliphatic heterocycles. The van der Waals surface area contributed by atoms with Gasteiger partial charge in [-0.1, -0.05) is 19.0 Å². The van der Waals surface area contributed by atoms with Gasteiger partial charge in [-0.25, -0.2) is 0 Å². The Labute approximate surface area is 134 Å². The molecule has 0 saturated heterocycles. The molecule has 2 heterocycles. The predicted molar refractivity (Wildman–Crippen MR) is 83.0 cm³/mol. The quantitative estimate of drug-likeness (QED) is 0.806. The Morgan fingerprint density at radius 1 is 1.43 bits per heavy atom. The van der Waals surface area contributed by atoms with Crippen LogP contribution in [0.4, 0.5) is 0 Å². The first-order chi connectivity index (χ1) is 11.0. The number of aliphatic hydroxyl groups is 1. The van der Waals surface area contributed by atoms with Crippen molar-refractivity contribution in [1.82, 2.24) is 15.5 Å². The van der Waals surface area contributed by atoms with Gasteiger partial charge in [-0.3, -0.25) is 9.78 Å². The Hall–Kier alpha value is -2.41. The summed E-state index contributed by atoms with van der Waals surface area (Å²) in [5, 5.41) is 15.7. The molecule has 2 aromatic rings. The van der Waals surface area contributed by atoms with E-state index >= 15 is 0 Å². The van der Waals surface area contributed by atoms with E-state index in [0.29, 0.717) is 11.5 Å². The second-order valence-electron chi connectivity index (χ2n) is 5.61. The lowest BCUT2D eigenvalue weighted by Crippen LogP contribution is -2.41. The van der Waals surface area contributed by atoms with Crippen molar-refractivity contribution in [3.63, 3.8) is 0 Å². The summed E-state index contributed by atoms with van der Waals surface area (Å²) < 4.78 is 10.6. The Morgan fingerprint density at radius 3 is 2.83 bits per heavy atom. The van der Waals surface area contributed by atoms with Crippen LogP contribution in [0.15, 0.2) is 28.9 Å². The normalized spacial score (nSPS) is 12.2. The molecule has 0 spiro atoms. The summed E-state index contributed by atoms with van der Waals surface area (Å²) in [5.74, 6) is 0.774. The van der Waals surface area contributed by atoms with Gasteiger partial charge in [0.1, 0.15) is 12.4 Å². The number of carbonyl (C=O) groups excluding carboxylic acids is 1. The van der Waals surface area contributed by atoms with Gasteiger partial charge in [0, 0.05) is 11.8 Å². The van der Waals surface area contributed by atoms with Crippen LogP contribution in [-0.2, 0) is 6.61 Å². The lowest BCUT2D eigenvalue weighted by molar-refractivity contribution is 0.0887. The fourth-order valence-electron chi connectivity index (χ4n) is 1.85. The van der Waals surface area contributed by atoms with Crippen LogP contribution in [-0.4, -0.2) is 33.8 Å². The lowest BCUT2D eigenvalue weighted by atomic mass is 10.1. The van der Waals surface area contributed by atoms with Crippen molar-refractivity contribution in [2.24, 2.45) is 5.92 Å². The van der Waals surface area contributed by atoms with E-state index in [1.54, 1.807) is 12.3 Å². The van der Waals surface area contributed by atoms with E-state index in [4.69, 9.17) is 9.26 Å². The second-order valence-corrected chi connectivity index (χ2v) is 5.61. The molecule has 1 amide bonds. The first-order valence-electron chi connectivity index (χ1n) is 7.42. The van der Waals surface area contributed by atoms with Crippen molar-refractivity contribution in [3.05, 3.63) is 41.5 Å². The van der Waals surface area contributed by atoms with Crippen molar-refractivity contribution < 1.29 is 19.2 Å². The second kappa shape index (κ2) is 7.73. The third-order valence-corrected chi connectivity index (χ3v) is 3.37. The third-order valence-electron chi connectivity index (χ3n) is 3.37. The molecule has 2 N–H and O–H groups in total. The molecule has 7 nitrogen and oxygen atoms in total. The molecule has 23 heavy (non-hydrogen) atoms. The molecule has 7 heteroatoms. The lowest BCUT2D eigenvalue weighted by Gasteiger charge is -2.18. The Morgan fingerprint density at radius 2 is 2.22 bits per heavy atom. The number of carbonyl (C=O) groups is 1. The summed E-state index contributed by atoms with van der Waals surface area (Å²) in [6.07, 6.45) is 1.62. The van der Waals surface area contributed by atoms with Gasteiger partial charge < -0.3 is 19.7 Å². The van der Waals surface area contributed by atoms with Crippen LogP contribution in [0.5, 0.6) is 5.75 Å². The van der Waals surface area contributed by atoms with Crippen LogP contribution in [0.2, 0.25) is 0 Å². The van der Waals surface area contributed by atoms with E-state index in [2.05, 4.69) is 15.5 Å². The van der Waals surface area contributed by atoms with E-state index < -0.39 is 0 Å². The maximum atomic E-state index is 12.0. The number of nitrogens with one attached hydrogen (secondary N) is 1. The molecular formula is C16H21N3O4. The minimum Gasteiger partial charge on any atom is -0.484 e. The number of pyridine rings is 1. The first-order valence-corrected chi connectivity index (χ1v) is 7.42. The summed E-state index contributed by atoms with van der Waals surface area (Å²) in [4.78, 5) is 16.2. The molecule has 0 fully saturated rings. The summed E-state index contributed by atoms with van der Waals surface area (Å²) in [5.41, 5.74) is 1.06. The smallest absolute Gasteiger partial charge is 0.273 e. The van der Waals surface area contributed by atoms with Crippen molar-refractivity contribution in [1.29, 1.82) is 0 Å². The van der Waals surface area contributed by atoms with Crippen LogP contribution in [0.1, 0.15) is 35.8 Å². The van der Waals surface area contributed by atoms with Crippen molar-refractivity contribution >= 4 is 5.91 Å². The zero-order chi connectivity index (χ0) is 16.8. The van der Waals surface area contributed by atoms with Crippen molar-refractivity contribution in [2.75, 3.05) is 6.61 Å². The van der Waals surface area contributed by atoms with Crippen LogP contribution >= 0.6 is 0 Å². The number of aliphatic hydroxyl groups excluding tert-OH is 1. The molecular weight excluding hydrogens is 298 g/mol. The number of amides is 1. The SMILES string of the molecule is Cc1ccc(OCc2cc(C(=O)N[C@H](CO)C(C)C)no2)cn1. The van der Waals surface area contributed by atoms with E-state index in [-0.39, 0.29) is 36.8 Å². The maximum absolute atomic E-state index is 12.0. The molecule has 124 valence electrons. The van der Waals surface area contributed by atoms with Crippen LogP contribution < -0.4 is 10.1 Å². The molecule has 0 aromatic carbocycles. The van der Waals surface area contributed by atoms with Gasteiger partial charge in [0.05, 0.1) is 18.8 Å². The van der Waals surface area contributed by atoms with Crippen LogP contribution in [0, 0.1) is 12.8 Å². The van der Waals surface area contributed by atoms with Gasteiger partial charge in [-0.05, 0) is 25.0 Å². The van der Waals surface area contributed by atoms with E-state index in [1.165, 1.54) is 6.07 Å². The highest BCUT2D eigenvalue weighted by Gasteiger charge is 2.19. The van der Waals surface area contributed by atoms with E-state index in [1.807, 2.05) is 26.8 Å². The van der Waals surface area contributed by atoms with Gasteiger partial charge in [-0.2, -0.15) is 0 Å². The zero-order valence-electron chi connectivity index (χ0n) is 13.4. The average molecular weight is 319 g/mol. The molecule has 0 aliphatic carbocycles. The van der Waals surface area contributed by atoms with E-state index in [0.717, 1.165) is 5.69 Å². The summed E-state index contributed by atoms with van der Waals surface area (Å²) in [6.45, 7) is 5.75. The largest absolute Gasteiger partial charge is 0.484 e. The highest BCUT2D eigenvalue weighted by atomic mass is 16.5. The summed E-state index contributed by atoms with van der Waals surface area (Å²) in [7, 11) is 0. The monoisotopic (exact) mass is 319 g/mol. The van der Waals surface area contributed by atoms with Crippen molar-refractivity contribution in [2.45, 2.75) is 33.4 Å². The Balaban J connectivity index is 1.92. The highest BCUT2D eigenvalue weighted by molar-refractivity contribution is 5.92. The van der Waals surface area contributed by atoms with Crippen LogP contribution in [0.3, 0.4) is 0 Å².